The van der Waals surface area contributed by atoms with Gasteiger partial charge in [-0.05, 0) is 104 Å². The number of hydrogen-bond donors (Lipinski definition) is 2. The molecule has 2 N–H and O–H groups in total. The van der Waals surface area contributed by atoms with E-state index in [-0.39, 0.29) is 16.7 Å². The lowest BCUT2D eigenvalue weighted by atomic mass is 9.48. The van der Waals surface area contributed by atoms with Gasteiger partial charge in [0.05, 0.1) is 4.90 Å². The summed E-state index contributed by atoms with van der Waals surface area (Å²) in [5, 5.41) is 2.94. The van der Waals surface area contributed by atoms with Crippen LogP contribution in [0.5, 0.6) is 0 Å². The second-order valence-electron chi connectivity index (χ2n) is 11.4. The molecular formula is C28H36N2O3S. The molecule has 4 aliphatic carbocycles. The predicted octanol–water partition coefficient (Wildman–Crippen LogP) is 5.40. The Morgan fingerprint density at radius 3 is 1.91 bits per heavy atom. The lowest BCUT2D eigenvalue weighted by Gasteiger charge is -2.57. The van der Waals surface area contributed by atoms with Gasteiger partial charge >= 0.3 is 0 Å². The summed E-state index contributed by atoms with van der Waals surface area (Å²) in [7, 11) is -3.80. The van der Waals surface area contributed by atoms with E-state index in [2.05, 4.69) is 22.2 Å². The lowest BCUT2D eigenvalue weighted by molar-refractivity contribution is -0.118. The highest BCUT2D eigenvalue weighted by Crippen LogP contribution is 2.60. The molecule has 34 heavy (non-hydrogen) atoms. The van der Waals surface area contributed by atoms with Crippen LogP contribution in [0.2, 0.25) is 0 Å². The maximum Gasteiger partial charge on any atom is 0.242 e. The number of sulfonamides is 1. The number of benzene rings is 2. The summed E-state index contributed by atoms with van der Waals surface area (Å²) in [6.45, 7) is 5.60. The number of aryl methyl sites for hydroxylation is 1. The largest absolute Gasteiger partial charge is 0.325 e. The zero-order valence-electron chi connectivity index (χ0n) is 20.4. The van der Waals surface area contributed by atoms with Crippen molar-refractivity contribution in [3.63, 3.8) is 0 Å². The highest BCUT2D eigenvalue weighted by molar-refractivity contribution is 7.89. The average molecular weight is 481 g/mol. The van der Waals surface area contributed by atoms with Crippen molar-refractivity contribution in [1.82, 2.24) is 4.72 Å². The third-order valence-corrected chi connectivity index (χ3v) is 9.82. The summed E-state index contributed by atoms with van der Waals surface area (Å²) in [5.41, 5.74) is 3.42. The molecule has 0 saturated heterocycles. The van der Waals surface area contributed by atoms with Crippen molar-refractivity contribution < 1.29 is 13.2 Å². The molecule has 1 amide bonds. The molecule has 2 aromatic carbocycles. The van der Waals surface area contributed by atoms with E-state index in [4.69, 9.17) is 0 Å². The Morgan fingerprint density at radius 2 is 1.41 bits per heavy atom. The van der Waals surface area contributed by atoms with Crippen molar-refractivity contribution in [2.24, 2.45) is 23.7 Å². The molecule has 182 valence electrons. The molecule has 0 aromatic heterocycles. The summed E-state index contributed by atoms with van der Waals surface area (Å²) in [6, 6.07) is 14.1. The number of rotatable bonds is 7. The minimum atomic E-state index is -3.80. The molecule has 0 aliphatic heterocycles. The van der Waals surface area contributed by atoms with Gasteiger partial charge in [0.2, 0.25) is 15.9 Å². The third kappa shape index (κ3) is 4.55. The van der Waals surface area contributed by atoms with E-state index >= 15 is 0 Å². The molecule has 4 fully saturated rings. The van der Waals surface area contributed by atoms with E-state index in [9.17, 15) is 13.2 Å². The maximum atomic E-state index is 13.1. The first kappa shape index (κ1) is 23.6. The van der Waals surface area contributed by atoms with Gasteiger partial charge in [0, 0.05) is 5.69 Å². The van der Waals surface area contributed by atoms with Crippen molar-refractivity contribution in [3.05, 3.63) is 59.7 Å². The fraction of sp³-hybridized carbons (Fsp3) is 0.536. The molecule has 4 saturated carbocycles. The SMILES string of the molecule is Cc1ccc(S(=O)(=O)N[C@H](C(=O)Nc2ccc(C34CC5CC(CC(C5)C3)C4)cc2)C(C)C)cc1. The Kier molecular flexibility index (Phi) is 6.09. The predicted molar refractivity (Wildman–Crippen MR) is 135 cm³/mol. The van der Waals surface area contributed by atoms with Crippen LogP contribution in [0, 0.1) is 30.6 Å². The van der Waals surface area contributed by atoms with Gasteiger partial charge in [-0.2, -0.15) is 4.72 Å². The summed E-state index contributed by atoms with van der Waals surface area (Å²) in [6.07, 6.45) is 8.18. The Labute approximate surface area is 203 Å². The monoisotopic (exact) mass is 480 g/mol. The number of carbonyl (C=O) groups is 1. The zero-order chi connectivity index (χ0) is 24.1. The van der Waals surface area contributed by atoms with Crippen LogP contribution < -0.4 is 10.0 Å². The third-order valence-electron chi connectivity index (χ3n) is 8.37. The summed E-state index contributed by atoms with van der Waals surface area (Å²) >= 11 is 0. The average Bonchev–Trinajstić information content (AvgIpc) is 2.77. The van der Waals surface area contributed by atoms with Gasteiger partial charge in [-0.3, -0.25) is 4.79 Å². The molecule has 6 heteroatoms. The van der Waals surface area contributed by atoms with Gasteiger partial charge < -0.3 is 5.32 Å². The van der Waals surface area contributed by atoms with Gasteiger partial charge in [0.25, 0.3) is 0 Å². The summed E-state index contributed by atoms with van der Waals surface area (Å²) < 4.78 is 28.4. The van der Waals surface area contributed by atoms with Gasteiger partial charge in [-0.25, -0.2) is 8.42 Å². The van der Waals surface area contributed by atoms with E-state index in [1.807, 2.05) is 32.9 Å². The van der Waals surface area contributed by atoms with Crippen LogP contribution in [0.4, 0.5) is 5.69 Å². The van der Waals surface area contributed by atoms with Gasteiger partial charge in [0.1, 0.15) is 6.04 Å². The van der Waals surface area contributed by atoms with Gasteiger partial charge in [-0.1, -0.05) is 43.7 Å². The van der Waals surface area contributed by atoms with E-state index in [1.54, 1.807) is 24.3 Å². The van der Waals surface area contributed by atoms with Gasteiger partial charge in [-0.15, -0.1) is 0 Å². The number of nitrogens with one attached hydrogen (secondary N) is 2. The van der Waals surface area contributed by atoms with Crippen molar-refractivity contribution in [2.45, 2.75) is 75.6 Å². The second-order valence-corrected chi connectivity index (χ2v) is 13.1. The molecule has 4 aliphatic rings. The summed E-state index contributed by atoms with van der Waals surface area (Å²) in [4.78, 5) is 13.2. The first-order valence-electron chi connectivity index (χ1n) is 12.6. The molecule has 2 aromatic rings. The minimum Gasteiger partial charge on any atom is -0.325 e. The lowest BCUT2D eigenvalue weighted by Crippen LogP contribution is -2.48. The van der Waals surface area contributed by atoms with E-state index in [1.165, 1.54) is 44.1 Å². The second kappa shape index (κ2) is 8.80. The number of carbonyl (C=O) groups excluding carboxylic acids is 1. The fourth-order valence-electron chi connectivity index (χ4n) is 7.04. The molecule has 0 radical (unpaired) electrons. The van der Waals surface area contributed by atoms with Gasteiger partial charge in [0.15, 0.2) is 0 Å². The Hall–Kier alpha value is -2.18. The number of hydrogen-bond acceptors (Lipinski definition) is 3. The smallest absolute Gasteiger partial charge is 0.242 e. The summed E-state index contributed by atoms with van der Waals surface area (Å²) in [5.74, 6) is 2.12. The Balaban J connectivity index is 1.28. The van der Waals surface area contributed by atoms with E-state index < -0.39 is 16.1 Å². The van der Waals surface area contributed by atoms with E-state index in [0.717, 1.165) is 23.3 Å². The van der Waals surface area contributed by atoms with Crippen molar-refractivity contribution in [1.29, 1.82) is 0 Å². The fourth-order valence-corrected chi connectivity index (χ4v) is 8.38. The first-order valence-corrected chi connectivity index (χ1v) is 14.1. The van der Waals surface area contributed by atoms with Crippen LogP contribution in [0.25, 0.3) is 0 Å². The number of amides is 1. The molecule has 6 rings (SSSR count). The molecule has 0 heterocycles. The maximum absolute atomic E-state index is 13.1. The zero-order valence-corrected chi connectivity index (χ0v) is 21.2. The molecule has 1 atom stereocenters. The quantitative estimate of drug-likeness (QED) is 0.557. The standard InChI is InChI=1S/C28H36N2O3S/c1-18(2)26(30-34(32,33)25-10-4-19(3)5-11-25)27(31)29-24-8-6-23(7-9-24)28-15-20-12-21(16-28)14-22(13-20)17-28/h4-11,18,20-22,26,30H,12-17H2,1-3H3,(H,29,31)/t20?,21?,22?,26-,28?/m0/s1. The van der Waals surface area contributed by atoms with Crippen LogP contribution in [0.15, 0.2) is 53.4 Å². The highest BCUT2D eigenvalue weighted by Gasteiger charge is 2.51. The van der Waals surface area contributed by atoms with Crippen LogP contribution in [-0.2, 0) is 20.2 Å². The Morgan fingerprint density at radius 1 is 0.882 bits per heavy atom. The number of anilines is 1. The normalized spacial score (nSPS) is 28.8. The molecule has 5 nitrogen and oxygen atoms in total. The van der Waals surface area contributed by atoms with Crippen LogP contribution in [-0.4, -0.2) is 20.4 Å². The highest BCUT2D eigenvalue weighted by atomic mass is 32.2. The molecule has 0 spiro atoms. The van der Waals surface area contributed by atoms with Crippen LogP contribution in [0.1, 0.15) is 63.5 Å². The van der Waals surface area contributed by atoms with Crippen molar-refractivity contribution >= 4 is 21.6 Å². The molecule has 0 unspecified atom stereocenters. The molecular weight excluding hydrogens is 444 g/mol. The van der Waals surface area contributed by atoms with Crippen molar-refractivity contribution in [3.8, 4) is 0 Å². The Bertz CT molecular complexity index is 1120. The van der Waals surface area contributed by atoms with Crippen LogP contribution in [0.3, 0.4) is 0 Å². The van der Waals surface area contributed by atoms with Crippen molar-refractivity contribution in [2.75, 3.05) is 5.32 Å². The first-order chi connectivity index (χ1) is 16.1. The topological polar surface area (TPSA) is 75.3 Å². The minimum absolute atomic E-state index is 0.163. The van der Waals surface area contributed by atoms with Crippen LogP contribution >= 0.6 is 0 Å². The van der Waals surface area contributed by atoms with E-state index in [0.29, 0.717) is 11.1 Å². The molecule has 4 bridgehead atoms.